The summed E-state index contributed by atoms with van der Waals surface area (Å²) in [5.74, 6) is -2.37. The first-order chi connectivity index (χ1) is 10.9. The number of hydrogen-bond acceptors (Lipinski definition) is 6. The van der Waals surface area contributed by atoms with Gasteiger partial charge in [-0.1, -0.05) is 6.07 Å². The molecule has 9 heteroatoms. The summed E-state index contributed by atoms with van der Waals surface area (Å²) in [6.07, 6.45) is 0.0967. The van der Waals surface area contributed by atoms with Gasteiger partial charge in [-0.25, -0.2) is 9.59 Å². The second-order valence-corrected chi connectivity index (χ2v) is 7.14. The fourth-order valence-electron chi connectivity index (χ4n) is 2.08. The molecular weight excluding hydrogens is 340 g/mol. The molecule has 1 amide bonds. The van der Waals surface area contributed by atoms with Gasteiger partial charge in [0.2, 0.25) is 5.91 Å². The van der Waals surface area contributed by atoms with Crippen LogP contribution >= 0.6 is 23.1 Å². The van der Waals surface area contributed by atoms with E-state index < -0.39 is 29.3 Å². The van der Waals surface area contributed by atoms with Crippen LogP contribution in [0.25, 0.3) is 0 Å². The molecule has 1 aliphatic rings. The van der Waals surface area contributed by atoms with Crippen LogP contribution in [0.5, 0.6) is 0 Å². The molecule has 0 spiro atoms. The fraction of sp³-hybridized carbons (Fsp3) is 0.357. The first kappa shape index (κ1) is 17.4. The lowest BCUT2D eigenvalue weighted by Gasteiger charge is -2.30. The van der Waals surface area contributed by atoms with Crippen LogP contribution < -0.4 is 10.6 Å². The standard InChI is InChI=1S/C14H16N2O5S2/c1-7-6-23-12(16-10(7)13(18)19)11(14(20)21)15-9(17)5-8-3-2-4-22-8/h2-4,11-12,16H,5-6H2,1H3,(H,15,17)(H,18,19)(H,20,21). The van der Waals surface area contributed by atoms with Gasteiger partial charge in [0.1, 0.15) is 11.1 Å². The molecule has 1 aromatic rings. The summed E-state index contributed by atoms with van der Waals surface area (Å²) < 4.78 is 0. The molecule has 2 rings (SSSR count). The number of hydrogen-bond donors (Lipinski definition) is 4. The van der Waals surface area contributed by atoms with Crippen molar-refractivity contribution in [3.8, 4) is 0 Å². The number of rotatable bonds is 6. The van der Waals surface area contributed by atoms with E-state index in [1.807, 2.05) is 11.4 Å². The molecule has 0 saturated heterocycles. The Morgan fingerprint density at radius 3 is 2.74 bits per heavy atom. The van der Waals surface area contributed by atoms with E-state index >= 15 is 0 Å². The van der Waals surface area contributed by atoms with Crippen molar-refractivity contribution in [1.82, 2.24) is 10.6 Å². The van der Waals surface area contributed by atoms with Crippen molar-refractivity contribution in [3.63, 3.8) is 0 Å². The van der Waals surface area contributed by atoms with E-state index in [1.54, 1.807) is 13.0 Å². The van der Waals surface area contributed by atoms with Crippen LogP contribution in [-0.4, -0.2) is 45.2 Å². The molecule has 0 aromatic carbocycles. The van der Waals surface area contributed by atoms with Crippen LogP contribution in [0.2, 0.25) is 0 Å². The average Bonchev–Trinajstić information content (AvgIpc) is 2.97. The molecule has 7 nitrogen and oxygen atoms in total. The zero-order chi connectivity index (χ0) is 17.0. The number of carboxylic acids is 2. The lowest BCUT2D eigenvalue weighted by Crippen LogP contribution is -2.54. The van der Waals surface area contributed by atoms with Gasteiger partial charge in [-0.15, -0.1) is 23.1 Å². The van der Waals surface area contributed by atoms with Crippen molar-refractivity contribution in [2.75, 3.05) is 5.75 Å². The molecule has 124 valence electrons. The largest absolute Gasteiger partial charge is 0.480 e. The maximum absolute atomic E-state index is 12.0. The molecule has 0 aliphatic carbocycles. The number of thiophene rings is 1. The third-order valence-corrected chi connectivity index (χ3v) is 5.43. The molecule has 4 N–H and O–H groups in total. The molecule has 2 heterocycles. The van der Waals surface area contributed by atoms with Crippen LogP contribution in [0.1, 0.15) is 11.8 Å². The smallest absolute Gasteiger partial charge is 0.351 e. The molecular formula is C14H16N2O5S2. The molecule has 0 bridgehead atoms. The topological polar surface area (TPSA) is 116 Å². The van der Waals surface area contributed by atoms with Crippen molar-refractivity contribution in [2.24, 2.45) is 0 Å². The Balaban J connectivity index is 2.05. The monoisotopic (exact) mass is 356 g/mol. The molecule has 0 fully saturated rings. The predicted octanol–water partition coefficient (Wildman–Crippen LogP) is 0.881. The Morgan fingerprint density at radius 2 is 2.17 bits per heavy atom. The van der Waals surface area contributed by atoms with Crippen LogP contribution in [0.3, 0.4) is 0 Å². The number of nitrogens with one attached hydrogen (secondary N) is 2. The average molecular weight is 356 g/mol. The summed E-state index contributed by atoms with van der Waals surface area (Å²) in [6, 6.07) is 2.39. The lowest BCUT2D eigenvalue weighted by atomic mass is 10.2. The summed E-state index contributed by atoms with van der Waals surface area (Å²) in [6.45, 7) is 1.67. The first-order valence-corrected chi connectivity index (χ1v) is 8.67. The van der Waals surface area contributed by atoms with Crippen molar-refractivity contribution < 1.29 is 24.6 Å². The van der Waals surface area contributed by atoms with Crippen LogP contribution in [-0.2, 0) is 20.8 Å². The van der Waals surface area contributed by atoms with E-state index in [0.29, 0.717) is 11.3 Å². The third kappa shape index (κ3) is 4.49. The van der Waals surface area contributed by atoms with Crippen molar-refractivity contribution in [3.05, 3.63) is 33.7 Å². The van der Waals surface area contributed by atoms with E-state index in [9.17, 15) is 19.5 Å². The normalized spacial score (nSPS) is 18.9. The first-order valence-electron chi connectivity index (χ1n) is 6.74. The summed E-state index contributed by atoms with van der Waals surface area (Å²) in [5.41, 5.74) is 0.625. The highest BCUT2D eigenvalue weighted by molar-refractivity contribution is 8.00. The molecule has 1 aliphatic heterocycles. The number of amides is 1. The van der Waals surface area contributed by atoms with Crippen molar-refractivity contribution in [2.45, 2.75) is 24.8 Å². The number of carbonyl (C=O) groups is 3. The Kier molecular flexibility index (Phi) is 5.67. The molecule has 0 radical (unpaired) electrons. The molecule has 0 saturated carbocycles. The quantitative estimate of drug-likeness (QED) is 0.598. The van der Waals surface area contributed by atoms with Crippen molar-refractivity contribution in [1.29, 1.82) is 0 Å². The van der Waals surface area contributed by atoms with Crippen molar-refractivity contribution >= 4 is 40.9 Å². The zero-order valence-corrected chi connectivity index (χ0v) is 13.9. The fourth-order valence-corrected chi connectivity index (χ4v) is 3.94. The van der Waals surface area contributed by atoms with E-state index in [4.69, 9.17) is 5.11 Å². The Hall–Kier alpha value is -2.00. The highest BCUT2D eigenvalue weighted by atomic mass is 32.2. The van der Waals surface area contributed by atoms with Gasteiger partial charge >= 0.3 is 11.9 Å². The Labute approximate surface area is 140 Å². The van der Waals surface area contributed by atoms with E-state index in [-0.39, 0.29) is 12.1 Å². The number of carbonyl (C=O) groups excluding carboxylic acids is 1. The molecule has 23 heavy (non-hydrogen) atoms. The van der Waals surface area contributed by atoms with Gasteiger partial charge in [0.15, 0.2) is 6.04 Å². The number of carboxylic acid groups (broad SMARTS) is 2. The minimum atomic E-state index is -1.21. The Bertz CT molecular complexity index is 642. The third-order valence-electron chi connectivity index (χ3n) is 3.21. The molecule has 1 aromatic heterocycles. The number of aliphatic carboxylic acids is 2. The van der Waals surface area contributed by atoms with Crippen LogP contribution in [0.4, 0.5) is 0 Å². The van der Waals surface area contributed by atoms with E-state index in [1.165, 1.54) is 23.1 Å². The summed E-state index contributed by atoms with van der Waals surface area (Å²) in [5, 5.41) is 24.8. The highest BCUT2D eigenvalue weighted by Crippen LogP contribution is 2.24. The minimum absolute atomic E-state index is 0.00694. The second-order valence-electron chi connectivity index (χ2n) is 4.98. The van der Waals surface area contributed by atoms with Gasteiger partial charge in [0.05, 0.1) is 6.42 Å². The predicted molar refractivity (Wildman–Crippen MR) is 87.3 cm³/mol. The summed E-state index contributed by atoms with van der Waals surface area (Å²) in [7, 11) is 0. The summed E-state index contributed by atoms with van der Waals surface area (Å²) in [4.78, 5) is 35.5. The van der Waals surface area contributed by atoms with Crippen LogP contribution in [0, 0.1) is 0 Å². The maximum Gasteiger partial charge on any atom is 0.351 e. The van der Waals surface area contributed by atoms with Gasteiger partial charge < -0.3 is 20.8 Å². The van der Waals surface area contributed by atoms with Gasteiger partial charge in [0, 0.05) is 10.6 Å². The Morgan fingerprint density at radius 1 is 1.43 bits per heavy atom. The zero-order valence-electron chi connectivity index (χ0n) is 12.2. The van der Waals surface area contributed by atoms with Gasteiger partial charge in [0.25, 0.3) is 0 Å². The SMILES string of the molecule is CC1=C(C(=O)O)NC(C(NC(=O)Cc2cccs2)C(=O)O)SC1. The molecule has 2 atom stereocenters. The van der Waals surface area contributed by atoms with E-state index in [2.05, 4.69) is 10.6 Å². The minimum Gasteiger partial charge on any atom is -0.480 e. The van der Waals surface area contributed by atoms with Gasteiger partial charge in [-0.2, -0.15) is 0 Å². The van der Waals surface area contributed by atoms with E-state index in [0.717, 1.165) is 4.88 Å². The van der Waals surface area contributed by atoms with Crippen LogP contribution in [0.15, 0.2) is 28.8 Å². The summed E-state index contributed by atoms with van der Waals surface area (Å²) >= 11 is 2.67. The number of thioether (sulfide) groups is 1. The molecule has 2 unspecified atom stereocenters. The second kappa shape index (κ2) is 7.51. The maximum atomic E-state index is 12.0. The highest BCUT2D eigenvalue weighted by Gasteiger charge is 2.34. The van der Waals surface area contributed by atoms with Gasteiger partial charge in [-0.05, 0) is 23.9 Å². The lowest BCUT2D eigenvalue weighted by molar-refractivity contribution is -0.142. The van der Waals surface area contributed by atoms with Gasteiger partial charge in [-0.3, -0.25) is 4.79 Å².